The predicted octanol–water partition coefficient (Wildman–Crippen LogP) is 17.5. The molecule has 0 aliphatic heterocycles. The Morgan fingerprint density at radius 1 is 0.227 bits per heavy atom. The van der Waals surface area contributed by atoms with Gasteiger partial charge in [0.1, 0.15) is 0 Å². The molecule has 0 radical (unpaired) electrons. The number of rotatable bonds is 24. The molecule has 10 aromatic rings. The number of unbranched alkanes of at least 4 members (excludes halogenated alkanes) is 6. The fraction of sp³-hybridized carbons (Fsp3) is 0.400. The molecule has 0 aliphatic rings. The molecular formula is C60H66O6. The summed E-state index contributed by atoms with van der Waals surface area (Å²) in [6.45, 7) is 16.9. The minimum atomic E-state index is 0.587. The van der Waals surface area contributed by atoms with E-state index in [0.29, 0.717) is 39.6 Å². The van der Waals surface area contributed by atoms with Crippen LogP contribution in [0.4, 0.5) is 0 Å². The van der Waals surface area contributed by atoms with Crippen molar-refractivity contribution in [2.75, 3.05) is 39.6 Å². The third kappa shape index (κ3) is 6.96. The number of fused-ring (bicyclic) bond motifs is 9. The van der Waals surface area contributed by atoms with E-state index in [1.165, 1.54) is 32.3 Å². The summed E-state index contributed by atoms with van der Waals surface area (Å²) >= 11 is 0. The van der Waals surface area contributed by atoms with Gasteiger partial charge in [-0.15, -0.1) is 0 Å². The van der Waals surface area contributed by atoms with Gasteiger partial charge in [-0.25, -0.2) is 0 Å². The first-order valence-electron chi connectivity index (χ1n) is 25.4. The molecule has 342 valence electrons. The van der Waals surface area contributed by atoms with Gasteiger partial charge in [0.15, 0.2) is 34.5 Å². The van der Waals surface area contributed by atoms with Gasteiger partial charge in [0, 0.05) is 64.6 Å². The highest BCUT2D eigenvalue weighted by molar-refractivity contribution is 6.56. The summed E-state index contributed by atoms with van der Waals surface area (Å²) in [5.41, 5.74) is 0. The van der Waals surface area contributed by atoms with Crippen LogP contribution in [0.2, 0.25) is 0 Å². The normalized spacial score (nSPS) is 12.3. The van der Waals surface area contributed by atoms with Crippen molar-refractivity contribution in [1.29, 1.82) is 0 Å². The summed E-state index contributed by atoms with van der Waals surface area (Å²) in [5, 5.41) is 20.3. The van der Waals surface area contributed by atoms with Crippen molar-refractivity contribution >= 4 is 97.0 Å². The van der Waals surface area contributed by atoms with Crippen molar-refractivity contribution < 1.29 is 28.4 Å². The first-order valence-corrected chi connectivity index (χ1v) is 25.4. The summed E-state index contributed by atoms with van der Waals surface area (Å²) in [4.78, 5) is 0. The van der Waals surface area contributed by atoms with Gasteiger partial charge in [-0.1, -0.05) is 153 Å². The van der Waals surface area contributed by atoms with E-state index in [1.807, 2.05) is 0 Å². The highest BCUT2D eigenvalue weighted by Crippen LogP contribution is 2.64. The van der Waals surface area contributed by atoms with Crippen molar-refractivity contribution in [3.63, 3.8) is 0 Å². The highest BCUT2D eigenvalue weighted by Gasteiger charge is 2.36. The molecule has 0 fully saturated rings. The zero-order chi connectivity index (χ0) is 45.3. The molecule has 0 aromatic heterocycles. The first-order chi connectivity index (χ1) is 32.6. The van der Waals surface area contributed by atoms with Gasteiger partial charge in [-0.3, -0.25) is 0 Å². The lowest BCUT2D eigenvalue weighted by Gasteiger charge is -2.31. The van der Waals surface area contributed by atoms with E-state index >= 15 is 0 Å². The number of benzene rings is 10. The van der Waals surface area contributed by atoms with Crippen LogP contribution in [0.15, 0.2) is 72.8 Å². The Morgan fingerprint density at radius 3 is 0.515 bits per heavy atom. The topological polar surface area (TPSA) is 55.4 Å². The summed E-state index contributed by atoms with van der Waals surface area (Å²) in [6, 6.07) is 26.7. The molecule has 0 spiro atoms. The van der Waals surface area contributed by atoms with Crippen LogP contribution >= 0.6 is 0 Å². The third-order valence-corrected chi connectivity index (χ3v) is 13.8. The van der Waals surface area contributed by atoms with Crippen LogP contribution in [0.5, 0.6) is 34.5 Å². The van der Waals surface area contributed by atoms with E-state index in [2.05, 4.69) is 114 Å². The number of hydrogen-bond donors (Lipinski definition) is 0. The summed E-state index contributed by atoms with van der Waals surface area (Å²) in [6.07, 6.45) is 11.8. The lowest BCUT2D eigenvalue weighted by Crippen LogP contribution is -2.09. The molecule has 0 heterocycles. The van der Waals surface area contributed by atoms with Crippen molar-refractivity contribution in [2.45, 2.75) is 119 Å². The number of hydrogen-bond acceptors (Lipinski definition) is 6. The molecule has 66 heavy (non-hydrogen) atoms. The smallest absolute Gasteiger partial charge is 0.170 e. The van der Waals surface area contributed by atoms with Crippen LogP contribution in [0.1, 0.15) is 119 Å². The van der Waals surface area contributed by atoms with Crippen molar-refractivity contribution in [3.05, 3.63) is 72.8 Å². The number of ether oxygens (including phenoxy) is 6. The average Bonchev–Trinajstić information content (AvgIpc) is 3.34. The maximum Gasteiger partial charge on any atom is 0.170 e. The second-order valence-electron chi connectivity index (χ2n) is 18.3. The Balaban J connectivity index is 1.59. The summed E-state index contributed by atoms with van der Waals surface area (Å²) < 4.78 is 43.3. The molecule has 6 heteroatoms. The van der Waals surface area contributed by atoms with Gasteiger partial charge in [0.25, 0.3) is 0 Å². The Labute approximate surface area is 389 Å². The molecular weight excluding hydrogens is 817 g/mol. The van der Waals surface area contributed by atoms with E-state index in [4.69, 9.17) is 28.4 Å². The SMILES string of the molecule is CCCCOc1c(OCCCC)c2c3ccccc3c3c(OCCCC)c(OCCCC)c4c5ccccc5c5c(OCCCC)c(OCCCC)c6c7ccccc7c1c1c2c3c4c5c61. The maximum absolute atomic E-state index is 7.22. The van der Waals surface area contributed by atoms with Crippen LogP contribution in [0, 0.1) is 0 Å². The van der Waals surface area contributed by atoms with Gasteiger partial charge in [-0.05, 0) is 70.8 Å². The van der Waals surface area contributed by atoms with E-state index in [-0.39, 0.29) is 0 Å². The molecule has 6 nitrogen and oxygen atoms in total. The van der Waals surface area contributed by atoms with E-state index < -0.39 is 0 Å². The van der Waals surface area contributed by atoms with Gasteiger partial charge >= 0.3 is 0 Å². The second-order valence-corrected chi connectivity index (χ2v) is 18.3. The molecule has 0 unspecified atom stereocenters. The highest BCUT2D eigenvalue weighted by atomic mass is 16.5. The largest absolute Gasteiger partial charge is 0.489 e. The van der Waals surface area contributed by atoms with Gasteiger partial charge in [0.2, 0.25) is 0 Å². The lowest BCUT2D eigenvalue weighted by atomic mass is 9.77. The van der Waals surface area contributed by atoms with E-state index in [9.17, 15) is 0 Å². The fourth-order valence-electron chi connectivity index (χ4n) is 10.6. The summed E-state index contributed by atoms with van der Waals surface area (Å²) in [7, 11) is 0. The lowest BCUT2D eigenvalue weighted by molar-refractivity contribution is 0.267. The zero-order valence-electron chi connectivity index (χ0n) is 40.1. The van der Waals surface area contributed by atoms with Crippen LogP contribution in [-0.4, -0.2) is 39.6 Å². The molecule has 0 amide bonds. The Kier molecular flexibility index (Phi) is 12.8. The summed E-state index contributed by atoms with van der Waals surface area (Å²) in [5.74, 6) is 4.97. The minimum Gasteiger partial charge on any atom is -0.489 e. The average molecular weight is 883 g/mol. The monoisotopic (exact) mass is 882 g/mol. The van der Waals surface area contributed by atoms with Crippen molar-refractivity contribution in [3.8, 4) is 34.5 Å². The van der Waals surface area contributed by atoms with Crippen LogP contribution in [-0.2, 0) is 0 Å². The quantitative estimate of drug-likeness (QED) is 0.0342. The second kappa shape index (κ2) is 19.1. The Morgan fingerprint density at radius 2 is 0.379 bits per heavy atom. The molecule has 10 aromatic carbocycles. The van der Waals surface area contributed by atoms with Crippen LogP contribution in [0.25, 0.3) is 97.0 Å². The van der Waals surface area contributed by atoms with Crippen molar-refractivity contribution in [2.24, 2.45) is 0 Å². The van der Waals surface area contributed by atoms with Crippen molar-refractivity contribution in [1.82, 2.24) is 0 Å². The first kappa shape index (κ1) is 44.0. The molecule has 0 saturated heterocycles. The minimum absolute atomic E-state index is 0.587. The van der Waals surface area contributed by atoms with Gasteiger partial charge in [0.05, 0.1) is 39.6 Å². The molecule has 0 saturated carbocycles. The Hall–Kier alpha value is -5.88. The Bertz CT molecular complexity index is 2700. The van der Waals surface area contributed by atoms with Gasteiger partial charge in [-0.2, -0.15) is 0 Å². The van der Waals surface area contributed by atoms with E-state index in [0.717, 1.165) is 176 Å². The fourth-order valence-corrected chi connectivity index (χ4v) is 10.6. The molecule has 0 bridgehead atoms. The maximum atomic E-state index is 7.22. The van der Waals surface area contributed by atoms with Crippen LogP contribution < -0.4 is 28.4 Å². The van der Waals surface area contributed by atoms with Crippen LogP contribution in [0.3, 0.4) is 0 Å². The molecule has 0 atom stereocenters. The molecule has 0 N–H and O–H groups in total. The molecule has 0 aliphatic carbocycles. The van der Waals surface area contributed by atoms with E-state index in [1.54, 1.807) is 0 Å². The standard InChI is InChI=1S/C60H66O6/c1-7-13-31-61-55-43-37-25-19-20-26-38(37)45-51-49(43)50-44(56(55)62-32-14-8-2)39-27-21-22-28-40(39)46-52(50)54-48(60(66-36-18-12-6)58(46)64-34-16-10-4)42-30-24-23-29-41(42)47(53(51)54)59(65-35-17-11-5)57(45)63-33-15-9-3/h19-30H,7-18,31-36H2,1-6H3. The zero-order valence-corrected chi connectivity index (χ0v) is 40.1. The molecule has 10 rings (SSSR count). The predicted molar refractivity (Wildman–Crippen MR) is 280 cm³/mol. The van der Waals surface area contributed by atoms with Gasteiger partial charge < -0.3 is 28.4 Å². The third-order valence-electron chi connectivity index (χ3n) is 13.8.